The summed E-state index contributed by atoms with van der Waals surface area (Å²) in [6.45, 7) is 0.329. The van der Waals surface area contributed by atoms with Gasteiger partial charge in [0.15, 0.2) is 0 Å². The van der Waals surface area contributed by atoms with E-state index in [0.717, 1.165) is 5.75 Å². The van der Waals surface area contributed by atoms with Crippen molar-refractivity contribution in [3.8, 4) is 11.6 Å². The maximum atomic E-state index is 5.65. The number of hydrogen-bond donors (Lipinski definition) is 2. The van der Waals surface area contributed by atoms with E-state index in [2.05, 4.69) is 15.4 Å². The summed E-state index contributed by atoms with van der Waals surface area (Å²) in [4.78, 5) is 8.31. The number of nitrogens with two attached hydrogens (primary N) is 1. The van der Waals surface area contributed by atoms with Crippen LogP contribution in [0.5, 0.6) is 11.6 Å². The number of hydrogen-bond acceptors (Lipinski definition) is 6. The topological polar surface area (TPSA) is 82.3 Å². The molecular formula is C13H16N4O2. The number of nitrogens with zero attached hydrogens (tertiary/aromatic N) is 2. The van der Waals surface area contributed by atoms with E-state index in [-0.39, 0.29) is 6.04 Å². The maximum Gasteiger partial charge on any atom is 0.237 e. The lowest BCUT2D eigenvalue weighted by Gasteiger charge is -2.17. The minimum absolute atomic E-state index is 0.302. The lowest BCUT2D eigenvalue weighted by Crippen LogP contribution is -2.33. The molecule has 0 bridgehead atoms. The van der Waals surface area contributed by atoms with E-state index < -0.39 is 0 Å². The van der Waals surface area contributed by atoms with Crippen molar-refractivity contribution in [1.29, 1.82) is 0 Å². The van der Waals surface area contributed by atoms with Gasteiger partial charge in [0.05, 0.1) is 7.11 Å². The number of methoxy groups -OCH3 is 1. The van der Waals surface area contributed by atoms with Crippen LogP contribution in [-0.2, 0) is 0 Å². The van der Waals surface area contributed by atoms with Crippen LogP contribution in [0.25, 0.3) is 0 Å². The molecule has 100 valence electrons. The van der Waals surface area contributed by atoms with E-state index in [0.29, 0.717) is 18.2 Å². The van der Waals surface area contributed by atoms with E-state index >= 15 is 0 Å². The average molecular weight is 260 g/mol. The Bertz CT molecular complexity index is 507. The Kier molecular flexibility index (Phi) is 4.66. The standard InChI is InChI=1S/C13H16N4O2/c1-18-13-12(15-7-8-16-13)11(17-14)9-19-10-5-3-2-4-6-10/h2-8,11,17H,9,14H2,1H3. The summed E-state index contributed by atoms with van der Waals surface area (Å²) >= 11 is 0. The normalized spacial score (nSPS) is 11.9. The van der Waals surface area contributed by atoms with Crippen LogP contribution in [0.3, 0.4) is 0 Å². The van der Waals surface area contributed by atoms with Gasteiger partial charge in [-0.1, -0.05) is 18.2 Å². The fraction of sp³-hybridized carbons (Fsp3) is 0.231. The second-order valence-electron chi connectivity index (χ2n) is 3.79. The molecule has 1 aromatic carbocycles. The molecule has 1 aromatic heterocycles. The number of rotatable bonds is 6. The summed E-state index contributed by atoms with van der Waals surface area (Å²) in [7, 11) is 1.54. The van der Waals surface area contributed by atoms with Gasteiger partial charge in [0.1, 0.15) is 24.1 Å². The predicted molar refractivity (Wildman–Crippen MR) is 70.6 cm³/mol. The summed E-state index contributed by atoms with van der Waals surface area (Å²) in [6.07, 6.45) is 3.15. The number of ether oxygens (including phenoxy) is 2. The zero-order chi connectivity index (χ0) is 13.5. The summed E-state index contributed by atoms with van der Waals surface area (Å²) in [5.41, 5.74) is 3.27. The van der Waals surface area contributed by atoms with Crippen LogP contribution in [0.2, 0.25) is 0 Å². The average Bonchev–Trinajstić information content (AvgIpc) is 2.49. The van der Waals surface area contributed by atoms with Gasteiger partial charge in [-0.25, -0.2) is 10.4 Å². The summed E-state index contributed by atoms with van der Waals surface area (Å²) in [6, 6.07) is 9.19. The molecule has 0 aliphatic heterocycles. The van der Waals surface area contributed by atoms with Crippen LogP contribution >= 0.6 is 0 Å². The molecule has 0 saturated carbocycles. The predicted octanol–water partition coefficient (Wildman–Crippen LogP) is 1.07. The molecule has 6 nitrogen and oxygen atoms in total. The second-order valence-corrected chi connectivity index (χ2v) is 3.79. The van der Waals surface area contributed by atoms with Crippen LogP contribution in [0.15, 0.2) is 42.7 Å². The van der Waals surface area contributed by atoms with Gasteiger partial charge in [-0.3, -0.25) is 10.8 Å². The van der Waals surface area contributed by atoms with Crippen molar-refractivity contribution >= 4 is 0 Å². The van der Waals surface area contributed by atoms with Crippen molar-refractivity contribution in [1.82, 2.24) is 15.4 Å². The molecule has 1 unspecified atom stereocenters. The lowest BCUT2D eigenvalue weighted by molar-refractivity contribution is 0.258. The minimum Gasteiger partial charge on any atom is -0.491 e. The first kappa shape index (κ1) is 13.3. The zero-order valence-corrected chi connectivity index (χ0v) is 10.6. The largest absolute Gasteiger partial charge is 0.491 e. The molecule has 2 aromatic rings. The molecular weight excluding hydrogens is 244 g/mol. The van der Waals surface area contributed by atoms with Crippen LogP contribution in [0.1, 0.15) is 11.7 Å². The van der Waals surface area contributed by atoms with Crippen molar-refractivity contribution in [2.24, 2.45) is 5.84 Å². The highest BCUT2D eigenvalue weighted by Gasteiger charge is 2.18. The molecule has 2 rings (SSSR count). The highest BCUT2D eigenvalue weighted by atomic mass is 16.5. The highest BCUT2D eigenvalue weighted by Crippen LogP contribution is 2.20. The van der Waals surface area contributed by atoms with Crippen LogP contribution in [-0.4, -0.2) is 23.7 Å². The Morgan fingerprint density at radius 2 is 1.95 bits per heavy atom. The van der Waals surface area contributed by atoms with E-state index in [1.807, 2.05) is 30.3 Å². The summed E-state index contributed by atoms with van der Waals surface area (Å²) in [5.74, 6) is 6.74. The molecule has 3 N–H and O–H groups in total. The number of benzene rings is 1. The van der Waals surface area contributed by atoms with Crippen LogP contribution in [0.4, 0.5) is 0 Å². The van der Waals surface area contributed by atoms with Crippen LogP contribution in [0, 0.1) is 0 Å². The molecule has 1 heterocycles. The van der Waals surface area contributed by atoms with Gasteiger partial charge in [-0.2, -0.15) is 0 Å². The number of nitrogens with one attached hydrogen (secondary N) is 1. The van der Waals surface area contributed by atoms with E-state index in [1.165, 1.54) is 0 Å². The first-order valence-electron chi connectivity index (χ1n) is 5.84. The molecule has 1 atom stereocenters. The third-order valence-electron chi connectivity index (χ3n) is 2.58. The van der Waals surface area contributed by atoms with Gasteiger partial charge in [0, 0.05) is 12.4 Å². The molecule has 6 heteroatoms. The Labute approximate surface area is 111 Å². The SMILES string of the molecule is COc1nccnc1C(COc1ccccc1)NN. The van der Waals surface area contributed by atoms with Gasteiger partial charge >= 0.3 is 0 Å². The van der Waals surface area contributed by atoms with E-state index in [9.17, 15) is 0 Å². The van der Waals surface area contributed by atoms with Gasteiger partial charge in [0.2, 0.25) is 5.88 Å². The fourth-order valence-electron chi connectivity index (χ4n) is 1.63. The molecule has 0 saturated heterocycles. The first-order chi connectivity index (χ1) is 9.35. The number of aromatic nitrogens is 2. The van der Waals surface area contributed by atoms with E-state index in [4.69, 9.17) is 15.3 Å². The van der Waals surface area contributed by atoms with Crippen molar-refractivity contribution in [3.63, 3.8) is 0 Å². The van der Waals surface area contributed by atoms with Crippen molar-refractivity contribution in [3.05, 3.63) is 48.4 Å². The number of para-hydroxylation sites is 1. The first-order valence-corrected chi connectivity index (χ1v) is 5.84. The van der Waals surface area contributed by atoms with Gasteiger partial charge in [0.25, 0.3) is 0 Å². The summed E-state index contributed by atoms with van der Waals surface area (Å²) < 4.78 is 10.8. The molecule has 0 radical (unpaired) electrons. The van der Waals surface area contributed by atoms with E-state index in [1.54, 1.807) is 19.5 Å². The molecule has 19 heavy (non-hydrogen) atoms. The third-order valence-corrected chi connectivity index (χ3v) is 2.58. The van der Waals surface area contributed by atoms with Gasteiger partial charge in [-0.15, -0.1) is 0 Å². The van der Waals surface area contributed by atoms with Crippen molar-refractivity contribution < 1.29 is 9.47 Å². The zero-order valence-electron chi connectivity index (χ0n) is 10.6. The highest BCUT2D eigenvalue weighted by molar-refractivity contribution is 5.23. The van der Waals surface area contributed by atoms with Crippen molar-refractivity contribution in [2.75, 3.05) is 13.7 Å². The Morgan fingerprint density at radius 3 is 2.63 bits per heavy atom. The van der Waals surface area contributed by atoms with Crippen LogP contribution < -0.4 is 20.7 Å². The van der Waals surface area contributed by atoms with Gasteiger partial charge in [-0.05, 0) is 12.1 Å². The molecule has 0 aliphatic carbocycles. The lowest BCUT2D eigenvalue weighted by atomic mass is 10.2. The summed E-state index contributed by atoms with van der Waals surface area (Å²) in [5, 5.41) is 0. The Balaban J connectivity index is 2.08. The molecule has 0 amide bonds. The quantitative estimate of drug-likeness (QED) is 0.597. The minimum atomic E-state index is -0.302. The van der Waals surface area contributed by atoms with Gasteiger partial charge < -0.3 is 9.47 Å². The molecule has 0 aliphatic rings. The Morgan fingerprint density at radius 1 is 1.21 bits per heavy atom. The molecule has 0 fully saturated rings. The van der Waals surface area contributed by atoms with Crippen molar-refractivity contribution in [2.45, 2.75) is 6.04 Å². The smallest absolute Gasteiger partial charge is 0.237 e. The monoisotopic (exact) mass is 260 g/mol. The fourth-order valence-corrected chi connectivity index (χ4v) is 1.63. The molecule has 0 spiro atoms. The second kappa shape index (κ2) is 6.67. The Hall–Kier alpha value is -2.18. The third kappa shape index (κ3) is 3.40. The maximum absolute atomic E-state index is 5.65. The number of hydrazine groups is 1.